The molecule has 0 aliphatic heterocycles. The van der Waals surface area contributed by atoms with E-state index in [1.165, 1.54) is 29.6 Å². The lowest BCUT2D eigenvalue weighted by molar-refractivity contribution is 0.0951. The van der Waals surface area contributed by atoms with E-state index in [0.717, 1.165) is 16.7 Å². The van der Waals surface area contributed by atoms with Crippen LogP contribution in [0.1, 0.15) is 27.0 Å². The van der Waals surface area contributed by atoms with Crippen LogP contribution in [0.2, 0.25) is 5.02 Å². The lowest BCUT2D eigenvalue weighted by atomic mass is 10.1. The van der Waals surface area contributed by atoms with E-state index in [1.807, 2.05) is 61.5 Å². The van der Waals surface area contributed by atoms with Crippen LogP contribution in [0.3, 0.4) is 0 Å². The Morgan fingerprint density at radius 1 is 0.967 bits per heavy atom. The van der Waals surface area contributed by atoms with Crippen LogP contribution in [0.4, 0.5) is 0 Å². The van der Waals surface area contributed by atoms with Crippen LogP contribution >= 0.6 is 11.6 Å². The Kier molecular flexibility index (Phi) is 6.92. The first kappa shape index (κ1) is 22.0. The number of halogens is 1. The van der Waals surface area contributed by atoms with Crippen molar-refractivity contribution >= 4 is 27.5 Å². The predicted octanol–water partition coefficient (Wildman–Crippen LogP) is 4.40. The summed E-state index contributed by atoms with van der Waals surface area (Å²) in [5.74, 6) is -0.427. The molecule has 3 rings (SSSR count). The van der Waals surface area contributed by atoms with E-state index in [2.05, 4.69) is 5.32 Å². The van der Waals surface area contributed by atoms with Crippen LogP contribution in [0, 0.1) is 6.92 Å². The first-order valence-corrected chi connectivity index (χ1v) is 11.2. The third kappa shape index (κ3) is 5.27. The van der Waals surface area contributed by atoms with Gasteiger partial charge in [0.25, 0.3) is 5.91 Å². The van der Waals surface area contributed by atoms with Gasteiger partial charge in [-0.3, -0.25) is 4.79 Å². The SMILES string of the molecule is Cc1ccc(CNC(=O)c2cc(S(=O)(=O)N(C)Cc3ccccc3)ccc2Cl)cc1. The van der Waals surface area contributed by atoms with Gasteiger partial charge in [-0.05, 0) is 36.2 Å². The molecule has 0 saturated heterocycles. The monoisotopic (exact) mass is 442 g/mol. The summed E-state index contributed by atoms with van der Waals surface area (Å²) < 4.78 is 27.2. The summed E-state index contributed by atoms with van der Waals surface area (Å²) in [6.45, 7) is 2.53. The van der Waals surface area contributed by atoms with Crippen LogP contribution in [0.5, 0.6) is 0 Å². The highest BCUT2D eigenvalue weighted by Gasteiger charge is 2.23. The molecular weight excluding hydrogens is 420 g/mol. The number of aryl methyl sites for hydroxylation is 1. The fourth-order valence-electron chi connectivity index (χ4n) is 2.93. The van der Waals surface area contributed by atoms with E-state index in [0.29, 0.717) is 6.54 Å². The average molecular weight is 443 g/mol. The number of nitrogens with one attached hydrogen (secondary N) is 1. The Balaban J connectivity index is 1.77. The molecule has 0 spiro atoms. The minimum absolute atomic E-state index is 0.0193. The summed E-state index contributed by atoms with van der Waals surface area (Å²) in [7, 11) is -2.28. The van der Waals surface area contributed by atoms with Crippen molar-refractivity contribution < 1.29 is 13.2 Å². The normalized spacial score (nSPS) is 11.5. The fraction of sp³-hybridized carbons (Fsp3) is 0.174. The highest BCUT2D eigenvalue weighted by Crippen LogP contribution is 2.23. The van der Waals surface area contributed by atoms with Gasteiger partial charge in [-0.1, -0.05) is 71.8 Å². The molecule has 0 saturated carbocycles. The Morgan fingerprint density at radius 3 is 2.30 bits per heavy atom. The molecule has 0 aliphatic rings. The van der Waals surface area contributed by atoms with Crippen LogP contribution in [0.25, 0.3) is 0 Å². The highest BCUT2D eigenvalue weighted by molar-refractivity contribution is 7.89. The molecule has 3 aromatic rings. The average Bonchev–Trinajstić information content (AvgIpc) is 2.74. The molecule has 1 amide bonds. The molecule has 0 fully saturated rings. The van der Waals surface area contributed by atoms with Crippen molar-refractivity contribution in [3.63, 3.8) is 0 Å². The Bertz CT molecular complexity index is 1130. The summed E-state index contributed by atoms with van der Waals surface area (Å²) in [5.41, 5.74) is 3.06. The topological polar surface area (TPSA) is 66.5 Å². The van der Waals surface area contributed by atoms with Crippen molar-refractivity contribution in [1.82, 2.24) is 9.62 Å². The van der Waals surface area contributed by atoms with Crippen molar-refractivity contribution in [3.8, 4) is 0 Å². The number of carbonyl (C=O) groups is 1. The molecule has 30 heavy (non-hydrogen) atoms. The molecule has 3 aromatic carbocycles. The molecule has 0 heterocycles. The summed E-state index contributed by atoms with van der Waals surface area (Å²) >= 11 is 6.18. The van der Waals surface area contributed by atoms with Gasteiger partial charge in [-0.15, -0.1) is 0 Å². The molecular formula is C23H23ClN2O3S. The third-order valence-electron chi connectivity index (χ3n) is 4.71. The zero-order valence-electron chi connectivity index (χ0n) is 16.8. The zero-order chi connectivity index (χ0) is 21.7. The summed E-state index contributed by atoms with van der Waals surface area (Å²) in [6, 6.07) is 21.3. The second kappa shape index (κ2) is 9.43. The van der Waals surface area contributed by atoms with Gasteiger partial charge in [-0.2, -0.15) is 4.31 Å². The summed E-state index contributed by atoms with van der Waals surface area (Å²) in [4.78, 5) is 12.7. The fourth-order valence-corrected chi connectivity index (χ4v) is 4.32. The number of benzene rings is 3. The number of hydrogen-bond donors (Lipinski definition) is 1. The van der Waals surface area contributed by atoms with Crippen LogP contribution < -0.4 is 5.32 Å². The van der Waals surface area contributed by atoms with Gasteiger partial charge in [0.05, 0.1) is 15.5 Å². The van der Waals surface area contributed by atoms with E-state index in [-0.39, 0.29) is 22.0 Å². The highest BCUT2D eigenvalue weighted by atomic mass is 35.5. The smallest absolute Gasteiger partial charge is 0.253 e. The van der Waals surface area contributed by atoms with E-state index in [1.54, 1.807) is 0 Å². The minimum atomic E-state index is -3.79. The van der Waals surface area contributed by atoms with Gasteiger partial charge < -0.3 is 5.32 Å². The largest absolute Gasteiger partial charge is 0.348 e. The Hall–Kier alpha value is -2.67. The lowest BCUT2D eigenvalue weighted by Crippen LogP contribution is -2.27. The van der Waals surface area contributed by atoms with Gasteiger partial charge in [0, 0.05) is 20.1 Å². The van der Waals surface area contributed by atoms with E-state index in [9.17, 15) is 13.2 Å². The van der Waals surface area contributed by atoms with Crippen molar-refractivity contribution in [1.29, 1.82) is 0 Å². The minimum Gasteiger partial charge on any atom is -0.348 e. The van der Waals surface area contributed by atoms with Crippen LogP contribution in [-0.4, -0.2) is 25.7 Å². The zero-order valence-corrected chi connectivity index (χ0v) is 18.4. The Morgan fingerprint density at radius 2 is 1.63 bits per heavy atom. The number of rotatable bonds is 7. The first-order valence-electron chi connectivity index (χ1n) is 9.41. The molecule has 0 bridgehead atoms. The number of sulfonamides is 1. The number of carbonyl (C=O) groups excluding carboxylic acids is 1. The third-order valence-corrected chi connectivity index (χ3v) is 6.84. The number of hydrogen-bond acceptors (Lipinski definition) is 3. The second-order valence-corrected chi connectivity index (χ2v) is 9.51. The summed E-state index contributed by atoms with van der Waals surface area (Å²) in [6.07, 6.45) is 0. The van der Waals surface area contributed by atoms with Crippen molar-refractivity contribution in [2.45, 2.75) is 24.9 Å². The second-order valence-electron chi connectivity index (χ2n) is 7.06. The molecule has 0 atom stereocenters. The van der Waals surface area contributed by atoms with E-state index < -0.39 is 15.9 Å². The maximum atomic E-state index is 13.0. The molecule has 156 valence electrons. The molecule has 1 N–H and O–H groups in total. The van der Waals surface area contributed by atoms with E-state index >= 15 is 0 Å². The molecule has 0 unspecified atom stereocenters. The Labute approximate surface area is 182 Å². The lowest BCUT2D eigenvalue weighted by Gasteiger charge is -2.18. The predicted molar refractivity (Wildman–Crippen MR) is 119 cm³/mol. The van der Waals surface area contributed by atoms with E-state index in [4.69, 9.17) is 11.6 Å². The van der Waals surface area contributed by atoms with Crippen LogP contribution in [0.15, 0.2) is 77.7 Å². The van der Waals surface area contributed by atoms with Gasteiger partial charge in [0.1, 0.15) is 0 Å². The first-order chi connectivity index (χ1) is 14.3. The molecule has 0 aromatic heterocycles. The molecule has 5 nitrogen and oxygen atoms in total. The summed E-state index contributed by atoms with van der Waals surface area (Å²) in [5, 5.41) is 2.99. The standard InChI is InChI=1S/C23H23ClN2O3S/c1-17-8-10-18(11-9-17)15-25-23(27)21-14-20(12-13-22(21)24)30(28,29)26(2)16-19-6-4-3-5-7-19/h3-14H,15-16H2,1-2H3,(H,25,27). The van der Waals surface area contributed by atoms with Gasteiger partial charge >= 0.3 is 0 Å². The van der Waals surface area contributed by atoms with Gasteiger partial charge in [-0.25, -0.2) is 8.42 Å². The van der Waals surface area contributed by atoms with Crippen LogP contribution in [-0.2, 0) is 23.1 Å². The van der Waals surface area contributed by atoms with Crippen molar-refractivity contribution in [3.05, 3.63) is 100 Å². The number of nitrogens with zero attached hydrogens (tertiary/aromatic N) is 1. The molecule has 7 heteroatoms. The van der Waals surface area contributed by atoms with Crippen molar-refractivity contribution in [2.75, 3.05) is 7.05 Å². The maximum absolute atomic E-state index is 13.0. The van der Waals surface area contributed by atoms with Crippen molar-refractivity contribution in [2.24, 2.45) is 0 Å². The quantitative estimate of drug-likeness (QED) is 0.589. The molecule has 0 aliphatic carbocycles. The molecule has 0 radical (unpaired) electrons. The number of amides is 1. The van der Waals surface area contributed by atoms with Gasteiger partial charge in [0.15, 0.2) is 0 Å². The van der Waals surface area contributed by atoms with Gasteiger partial charge in [0.2, 0.25) is 10.0 Å². The maximum Gasteiger partial charge on any atom is 0.253 e.